The van der Waals surface area contributed by atoms with Crippen LogP contribution in [-0.2, 0) is 21.4 Å². The van der Waals surface area contributed by atoms with E-state index in [9.17, 15) is 23.2 Å². The van der Waals surface area contributed by atoms with Crippen molar-refractivity contribution in [3.63, 3.8) is 0 Å². The number of nitrogens with zero attached hydrogens (tertiary/aromatic N) is 2. The van der Waals surface area contributed by atoms with E-state index >= 15 is 0 Å². The van der Waals surface area contributed by atoms with Gasteiger partial charge in [-0.2, -0.15) is 4.31 Å². The van der Waals surface area contributed by atoms with E-state index in [1.807, 2.05) is 6.92 Å². The zero-order chi connectivity index (χ0) is 27.1. The molecule has 10 heteroatoms. The van der Waals surface area contributed by atoms with Crippen molar-refractivity contribution in [3.8, 4) is 5.75 Å². The first-order valence-corrected chi connectivity index (χ1v) is 13.3. The summed E-state index contributed by atoms with van der Waals surface area (Å²) in [5, 5.41) is 9.50. The van der Waals surface area contributed by atoms with Gasteiger partial charge < -0.3 is 9.64 Å². The number of hydroxylamine groups is 1. The Balaban J connectivity index is 1.72. The Morgan fingerprint density at radius 1 is 1.05 bits per heavy atom. The molecule has 0 radical (unpaired) electrons. The minimum atomic E-state index is -4.25. The molecular formula is C28H27N3O6S. The number of ether oxygens (including phenoxy) is 1. The molecule has 1 aliphatic rings. The van der Waals surface area contributed by atoms with Crippen LogP contribution >= 0.6 is 0 Å². The molecule has 2 amide bonds. The van der Waals surface area contributed by atoms with Gasteiger partial charge in [0.2, 0.25) is 10.0 Å². The zero-order valence-corrected chi connectivity index (χ0v) is 21.5. The Labute approximate surface area is 221 Å². The van der Waals surface area contributed by atoms with Gasteiger partial charge >= 0.3 is 0 Å². The Morgan fingerprint density at radius 2 is 1.74 bits per heavy atom. The molecule has 0 bridgehead atoms. The highest BCUT2D eigenvalue weighted by molar-refractivity contribution is 7.89. The van der Waals surface area contributed by atoms with Crippen LogP contribution < -0.4 is 15.1 Å². The van der Waals surface area contributed by atoms with E-state index in [4.69, 9.17) is 4.74 Å². The summed E-state index contributed by atoms with van der Waals surface area (Å²) in [4.78, 5) is 27.7. The molecule has 3 aromatic carbocycles. The van der Waals surface area contributed by atoms with Gasteiger partial charge in [-0.3, -0.25) is 14.8 Å². The molecule has 1 unspecified atom stereocenters. The molecule has 0 aromatic heterocycles. The molecule has 0 saturated heterocycles. The van der Waals surface area contributed by atoms with E-state index in [2.05, 4.69) is 5.73 Å². The number of rotatable bonds is 7. The molecule has 4 rings (SSSR count). The van der Waals surface area contributed by atoms with E-state index in [-0.39, 0.29) is 24.6 Å². The first-order chi connectivity index (χ1) is 18.4. The summed E-state index contributed by atoms with van der Waals surface area (Å²) in [5.74, 6) is -0.895. The summed E-state index contributed by atoms with van der Waals surface area (Å²) < 4.78 is 34.2. The normalized spacial score (nSPS) is 15.4. The Hall–Kier alpha value is -4.21. The van der Waals surface area contributed by atoms with Crippen LogP contribution in [0.3, 0.4) is 0 Å². The summed E-state index contributed by atoms with van der Waals surface area (Å²) in [5.41, 5.74) is 5.85. The molecule has 3 aromatic rings. The second-order valence-corrected chi connectivity index (χ2v) is 10.3. The van der Waals surface area contributed by atoms with E-state index < -0.39 is 27.9 Å². The first-order valence-electron chi connectivity index (χ1n) is 11.9. The monoisotopic (exact) mass is 533 g/mol. The number of carbonyl (C=O) groups excluding carboxylic acids is 2. The third-order valence-corrected chi connectivity index (χ3v) is 7.91. The number of para-hydroxylation sites is 1. The largest absolute Gasteiger partial charge is 0.489 e. The molecule has 1 atom stereocenters. The average molecular weight is 534 g/mol. The van der Waals surface area contributed by atoms with Crippen molar-refractivity contribution < 1.29 is 28.0 Å². The van der Waals surface area contributed by atoms with Crippen molar-refractivity contribution in [2.75, 3.05) is 18.1 Å². The second-order valence-electron chi connectivity index (χ2n) is 8.39. The third-order valence-electron chi connectivity index (χ3n) is 6.04. The highest BCUT2D eigenvalue weighted by Crippen LogP contribution is 2.32. The zero-order valence-electron chi connectivity index (χ0n) is 20.7. The molecule has 0 fully saturated rings. The van der Waals surface area contributed by atoms with Gasteiger partial charge in [0.25, 0.3) is 11.8 Å². The van der Waals surface area contributed by atoms with E-state index in [1.54, 1.807) is 72.2 Å². The topological polar surface area (TPSA) is 116 Å². The van der Waals surface area contributed by atoms with Gasteiger partial charge in [0.05, 0.1) is 11.4 Å². The second kappa shape index (κ2) is 11.9. The van der Waals surface area contributed by atoms with Gasteiger partial charge in [0.15, 0.2) is 0 Å². The highest BCUT2D eigenvalue weighted by Gasteiger charge is 2.41. The van der Waals surface area contributed by atoms with Gasteiger partial charge in [-0.25, -0.2) is 13.9 Å². The van der Waals surface area contributed by atoms with Crippen molar-refractivity contribution in [1.29, 1.82) is 0 Å². The maximum Gasteiger partial charge on any atom is 0.263 e. The van der Waals surface area contributed by atoms with Crippen molar-refractivity contribution in [2.24, 2.45) is 0 Å². The van der Waals surface area contributed by atoms with Crippen LogP contribution in [0.25, 0.3) is 0 Å². The summed E-state index contributed by atoms with van der Waals surface area (Å²) in [7, 11) is -4.25. The molecule has 9 nitrogen and oxygen atoms in total. The number of fused-ring (bicyclic) bond motifs is 1. The minimum absolute atomic E-state index is 0.0649. The lowest BCUT2D eigenvalue weighted by atomic mass is 10.1. The molecule has 1 aliphatic heterocycles. The number of hydrogen-bond donors (Lipinski definition) is 2. The summed E-state index contributed by atoms with van der Waals surface area (Å²) in [6.07, 6.45) is 3.44. The number of nitrogens with one attached hydrogen (secondary N) is 1. The molecule has 1 heterocycles. The number of anilines is 1. The molecule has 0 aliphatic carbocycles. The molecule has 0 spiro atoms. The van der Waals surface area contributed by atoms with Crippen LogP contribution in [0.15, 0.2) is 102 Å². The van der Waals surface area contributed by atoms with Crippen molar-refractivity contribution in [2.45, 2.75) is 24.4 Å². The summed E-state index contributed by atoms with van der Waals surface area (Å²) in [6.45, 7) is 1.60. The van der Waals surface area contributed by atoms with E-state index in [1.165, 1.54) is 29.2 Å². The van der Waals surface area contributed by atoms with Crippen LogP contribution in [0.5, 0.6) is 5.75 Å². The van der Waals surface area contributed by atoms with Crippen molar-refractivity contribution in [1.82, 2.24) is 9.79 Å². The van der Waals surface area contributed by atoms with Crippen LogP contribution in [0.4, 0.5) is 5.69 Å². The maximum absolute atomic E-state index is 13.8. The van der Waals surface area contributed by atoms with Crippen LogP contribution in [0, 0.1) is 0 Å². The Bertz CT molecular complexity index is 1470. The van der Waals surface area contributed by atoms with Crippen molar-refractivity contribution >= 4 is 27.5 Å². The first kappa shape index (κ1) is 26.8. The van der Waals surface area contributed by atoms with Crippen LogP contribution in [0.2, 0.25) is 0 Å². The van der Waals surface area contributed by atoms with Gasteiger partial charge in [-0.1, -0.05) is 36.4 Å². The number of benzene rings is 3. The molecule has 196 valence electrons. The summed E-state index contributed by atoms with van der Waals surface area (Å²) in [6, 6.07) is 19.8. The predicted octanol–water partition coefficient (Wildman–Crippen LogP) is 3.52. The maximum atomic E-state index is 13.8. The Kier molecular flexibility index (Phi) is 8.40. The van der Waals surface area contributed by atoms with Gasteiger partial charge in [-0.05, 0) is 67.1 Å². The molecule has 0 saturated carbocycles. The molecule has 2 N–H and O–H groups in total. The van der Waals surface area contributed by atoms with Crippen LogP contribution in [-0.4, -0.2) is 48.9 Å². The number of carbonyl (C=O) groups is 2. The lowest BCUT2D eigenvalue weighted by Gasteiger charge is -2.29. The molecule has 38 heavy (non-hydrogen) atoms. The van der Waals surface area contributed by atoms with Gasteiger partial charge in [0.1, 0.15) is 18.4 Å². The fraction of sp³-hybridized carbons (Fsp3) is 0.179. The third kappa shape index (κ3) is 5.69. The quantitative estimate of drug-likeness (QED) is 0.273. The Morgan fingerprint density at radius 3 is 2.42 bits per heavy atom. The standard InChI is InChI=1S/C28H27N3O6S/c1-2-3-9-18-37-23-14-16-24(17-15-23)38(35,36)31-19-22-12-7-8-13-25(22)30(20-26(31)27(32)29-34)28(33)21-10-5-4-6-11-21/h2,4-17,26,34H,18-20H2,1H3,(H,29,32). The van der Waals surface area contributed by atoms with Crippen molar-refractivity contribution in [3.05, 3.63) is 108 Å². The van der Waals surface area contributed by atoms with Crippen LogP contribution in [0.1, 0.15) is 22.8 Å². The van der Waals surface area contributed by atoms with Gasteiger partial charge in [0, 0.05) is 17.8 Å². The van der Waals surface area contributed by atoms with E-state index in [0.717, 1.165) is 4.31 Å². The number of hydrogen-bond acceptors (Lipinski definition) is 6. The average Bonchev–Trinajstić information content (AvgIpc) is 3.13. The summed E-state index contributed by atoms with van der Waals surface area (Å²) >= 11 is 0. The minimum Gasteiger partial charge on any atom is -0.489 e. The van der Waals surface area contributed by atoms with Gasteiger partial charge in [-0.15, -0.1) is 5.73 Å². The lowest BCUT2D eigenvalue weighted by Crippen LogP contribution is -2.53. The molecular weight excluding hydrogens is 506 g/mol. The SMILES string of the molecule is CC=C=CCOc1ccc(S(=O)(=O)N2Cc3ccccc3N(C(=O)c3ccccc3)CC2C(=O)NO)cc1. The number of amides is 2. The number of sulfonamides is 1. The predicted molar refractivity (Wildman–Crippen MR) is 141 cm³/mol. The lowest BCUT2D eigenvalue weighted by molar-refractivity contribution is -0.133. The van der Waals surface area contributed by atoms with E-state index in [0.29, 0.717) is 22.6 Å². The highest BCUT2D eigenvalue weighted by atomic mass is 32.2. The fourth-order valence-electron chi connectivity index (χ4n) is 4.16. The fourth-order valence-corrected chi connectivity index (χ4v) is 5.72. The smallest absolute Gasteiger partial charge is 0.263 e.